The summed E-state index contributed by atoms with van der Waals surface area (Å²) in [4.78, 5) is 4.48. The van der Waals surface area contributed by atoms with Crippen LogP contribution in [0.5, 0.6) is 0 Å². The summed E-state index contributed by atoms with van der Waals surface area (Å²) in [6, 6.07) is 6.17. The topological polar surface area (TPSA) is 24.9 Å². The first kappa shape index (κ1) is 12.2. The first-order chi connectivity index (χ1) is 7.09. The maximum Gasteiger partial charge on any atom is 0.0545 e. The Morgan fingerprint density at radius 3 is 2.47 bits per heavy atom. The molecule has 1 rings (SSSR count). The zero-order chi connectivity index (χ0) is 11.3. The molecule has 0 aliphatic heterocycles. The fourth-order valence-electron chi connectivity index (χ4n) is 1.50. The van der Waals surface area contributed by atoms with Gasteiger partial charge in [-0.25, -0.2) is 0 Å². The number of aryl methyl sites for hydroxylation is 1. The van der Waals surface area contributed by atoms with Crippen molar-refractivity contribution in [3.05, 3.63) is 29.6 Å². The zero-order valence-electron chi connectivity index (χ0n) is 10.3. The highest BCUT2D eigenvalue weighted by Gasteiger charge is 2.18. The molecular formula is C13H22N2. The lowest BCUT2D eigenvalue weighted by molar-refractivity contribution is 0.327. The van der Waals surface area contributed by atoms with Gasteiger partial charge in [-0.1, -0.05) is 19.9 Å². The Hall–Kier alpha value is -0.890. The molecule has 1 heterocycles. The van der Waals surface area contributed by atoms with Crippen molar-refractivity contribution in [3.63, 3.8) is 0 Å². The lowest BCUT2D eigenvalue weighted by atomic mass is 9.95. The Morgan fingerprint density at radius 2 is 1.93 bits per heavy atom. The quantitative estimate of drug-likeness (QED) is 0.801. The van der Waals surface area contributed by atoms with Crippen LogP contribution in [0.15, 0.2) is 18.2 Å². The van der Waals surface area contributed by atoms with Gasteiger partial charge in [0.1, 0.15) is 0 Å². The van der Waals surface area contributed by atoms with Crippen molar-refractivity contribution in [2.75, 3.05) is 0 Å². The molecule has 1 N–H and O–H groups in total. The molecule has 0 saturated heterocycles. The first-order valence-corrected chi connectivity index (χ1v) is 5.77. The molecule has 1 aromatic heterocycles. The van der Waals surface area contributed by atoms with E-state index >= 15 is 0 Å². The maximum atomic E-state index is 4.48. The van der Waals surface area contributed by atoms with Crippen molar-refractivity contribution >= 4 is 0 Å². The molecular weight excluding hydrogens is 184 g/mol. The number of aromatic nitrogens is 1. The van der Waals surface area contributed by atoms with Gasteiger partial charge in [0, 0.05) is 17.8 Å². The molecule has 0 spiro atoms. The smallest absolute Gasteiger partial charge is 0.0545 e. The van der Waals surface area contributed by atoms with Gasteiger partial charge in [-0.2, -0.15) is 0 Å². The van der Waals surface area contributed by atoms with Gasteiger partial charge in [-0.15, -0.1) is 0 Å². The van der Waals surface area contributed by atoms with E-state index in [1.165, 1.54) is 0 Å². The van der Waals surface area contributed by atoms with Gasteiger partial charge in [0.05, 0.1) is 5.69 Å². The second kappa shape index (κ2) is 5.26. The second-order valence-corrected chi connectivity index (χ2v) is 4.39. The second-order valence-electron chi connectivity index (χ2n) is 4.39. The minimum Gasteiger partial charge on any atom is -0.306 e. The Kier molecular flexibility index (Phi) is 4.28. The number of hydrogen-bond donors (Lipinski definition) is 1. The van der Waals surface area contributed by atoms with E-state index in [2.05, 4.69) is 43.2 Å². The third-order valence-corrected chi connectivity index (χ3v) is 3.20. The van der Waals surface area contributed by atoms with Gasteiger partial charge in [-0.3, -0.25) is 4.98 Å². The minimum atomic E-state index is 0.241. The standard InChI is InChI=1S/C13H22N2/c1-5-13(4,6-2)14-10-12-9-7-8-11(3)15-12/h7-9,14H,5-6,10H2,1-4H3. The summed E-state index contributed by atoms with van der Waals surface area (Å²) >= 11 is 0. The van der Waals surface area contributed by atoms with E-state index in [0.717, 1.165) is 30.8 Å². The van der Waals surface area contributed by atoms with E-state index in [0.29, 0.717) is 0 Å². The van der Waals surface area contributed by atoms with Gasteiger partial charge in [0.15, 0.2) is 0 Å². The third kappa shape index (κ3) is 3.63. The molecule has 0 amide bonds. The summed E-state index contributed by atoms with van der Waals surface area (Å²) in [7, 11) is 0. The van der Waals surface area contributed by atoms with Crippen LogP contribution in [0, 0.1) is 6.92 Å². The normalized spacial score (nSPS) is 11.7. The van der Waals surface area contributed by atoms with E-state index in [-0.39, 0.29) is 5.54 Å². The molecule has 2 heteroatoms. The van der Waals surface area contributed by atoms with E-state index in [9.17, 15) is 0 Å². The maximum absolute atomic E-state index is 4.48. The molecule has 0 aliphatic carbocycles. The van der Waals surface area contributed by atoms with Gasteiger partial charge in [-0.05, 0) is 38.8 Å². The van der Waals surface area contributed by atoms with Crippen LogP contribution in [0.4, 0.5) is 0 Å². The molecule has 0 bridgehead atoms. The summed E-state index contributed by atoms with van der Waals surface area (Å²) in [5, 5.41) is 3.58. The van der Waals surface area contributed by atoms with Crippen molar-refractivity contribution < 1.29 is 0 Å². The largest absolute Gasteiger partial charge is 0.306 e. The molecule has 0 unspecified atom stereocenters. The molecule has 0 aliphatic rings. The molecule has 0 saturated carbocycles. The van der Waals surface area contributed by atoms with Gasteiger partial charge < -0.3 is 5.32 Å². The number of pyridine rings is 1. The van der Waals surface area contributed by atoms with Gasteiger partial charge in [0.25, 0.3) is 0 Å². The lowest BCUT2D eigenvalue weighted by Gasteiger charge is -2.28. The number of nitrogens with zero attached hydrogens (tertiary/aromatic N) is 1. The molecule has 0 fully saturated rings. The van der Waals surface area contributed by atoms with Crippen LogP contribution in [-0.4, -0.2) is 10.5 Å². The summed E-state index contributed by atoms with van der Waals surface area (Å²) < 4.78 is 0. The highest BCUT2D eigenvalue weighted by molar-refractivity contribution is 5.10. The Balaban J connectivity index is 2.56. The summed E-state index contributed by atoms with van der Waals surface area (Å²) in [5.41, 5.74) is 2.46. The van der Waals surface area contributed by atoms with Gasteiger partial charge in [0.2, 0.25) is 0 Å². The minimum absolute atomic E-state index is 0.241. The molecule has 0 atom stereocenters. The zero-order valence-corrected chi connectivity index (χ0v) is 10.3. The van der Waals surface area contributed by atoms with Crippen LogP contribution in [0.25, 0.3) is 0 Å². The average Bonchev–Trinajstić information content (AvgIpc) is 2.26. The average molecular weight is 206 g/mol. The highest BCUT2D eigenvalue weighted by Crippen LogP contribution is 2.14. The van der Waals surface area contributed by atoms with Crippen molar-refractivity contribution in [1.82, 2.24) is 10.3 Å². The fraction of sp³-hybridized carbons (Fsp3) is 0.615. The van der Waals surface area contributed by atoms with Crippen LogP contribution in [0.2, 0.25) is 0 Å². The van der Waals surface area contributed by atoms with Crippen LogP contribution >= 0.6 is 0 Å². The Morgan fingerprint density at radius 1 is 1.27 bits per heavy atom. The molecule has 84 valence electrons. The Bertz CT molecular complexity index is 303. The third-order valence-electron chi connectivity index (χ3n) is 3.20. The van der Waals surface area contributed by atoms with E-state index in [4.69, 9.17) is 0 Å². The monoisotopic (exact) mass is 206 g/mol. The highest BCUT2D eigenvalue weighted by atomic mass is 15.0. The summed E-state index contributed by atoms with van der Waals surface area (Å²) in [5.74, 6) is 0. The van der Waals surface area contributed by atoms with Crippen LogP contribution in [0.3, 0.4) is 0 Å². The van der Waals surface area contributed by atoms with E-state index in [1.807, 2.05) is 13.0 Å². The van der Waals surface area contributed by atoms with Crippen molar-refractivity contribution in [1.29, 1.82) is 0 Å². The molecule has 1 aromatic rings. The lowest BCUT2D eigenvalue weighted by Crippen LogP contribution is -2.40. The number of nitrogens with one attached hydrogen (secondary N) is 1. The summed E-state index contributed by atoms with van der Waals surface area (Å²) in [6.45, 7) is 9.60. The molecule has 2 nitrogen and oxygen atoms in total. The fourth-order valence-corrected chi connectivity index (χ4v) is 1.50. The molecule has 0 aromatic carbocycles. The van der Waals surface area contributed by atoms with Crippen molar-refractivity contribution in [2.24, 2.45) is 0 Å². The molecule has 15 heavy (non-hydrogen) atoms. The Labute approximate surface area is 93.1 Å². The first-order valence-electron chi connectivity index (χ1n) is 5.77. The van der Waals surface area contributed by atoms with Crippen LogP contribution in [-0.2, 0) is 6.54 Å². The van der Waals surface area contributed by atoms with Crippen molar-refractivity contribution in [3.8, 4) is 0 Å². The van der Waals surface area contributed by atoms with Crippen LogP contribution in [0.1, 0.15) is 45.0 Å². The van der Waals surface area contributed by atoms with Crippen molar-refractivity contribution in [2.45, 2.75) is 52.6 Å². The predicted molar refractivity (Wildman–Crippen MR) is 64.8 cm³/mol. The summed E-state index contributed by atoms with van der Waals surface area (Å²) in [6.07, 6.45) is 2.30. The van der Waals surface area contributed by atoms with Gasteiger partial charge >= 0.3 is 0 Å². The van der Waals surface area contributed by atoms with E-state index in [1.54, 1.807) is 0 Å². The predicted octanol–water partition coefficient (Wildman–Crippen LogP) is 3.06. The molecule has 0 radical (unpaired) electrons. The van der Waals surface area contributed by atoms with E-state index < -0.39 is 0 Å². The SMILES string of the molecule is CCC(C)(CC)NCc1cccc(C)n1. The van der Waals surface area contributed by atoms with Crippen LogP contribution < -0.4 is 5.32 Å². The number of hydrogen-bond acceptors (Lipinski definition) is 2. The number of rotatable bonds is 5.